The minimum atomic E-state index is -1.65. The van der Waals surface area contributed by atoms with Gasteiger partial charge in [0, 0.05) is 29.1 Å². The molecule has 1 aromatic rings. The molecule has 0 amide bonds. The molecule has 0 heterocycles. The lowest BCUT2D eigenvalue weighted by molar-refractivity contribution is -0.385. The Morgan fingerprint density at radius 1 is 1.36 bits per heavy atom. The van der Waals surface area contributed by atoms with Crippen molar-refractivity contribution in [2.75, 3.05) is 6.61 Å². The van der Waals surface area contributed by atoms with E-state index in [1.807, 2.05) is 0 Å². The number of nitrogens with zero attached hydrogens (tertiary/aromatic N) is 1. The molecule has 25 heavy (non-hydrogen) atoms. The summed E-state index contributed by atoms with van der Waals surface area (Å²) in [5.41, 5.74) is -1.89. The second kappa shape index (κ2) is 8.11. The first-order chi connectivity index (χ1) is 11.4. The van der Waals surface area contributed by atoms with Gasteiger partial charge in [0.15, 0.2) is 0 Å². The number of carbonyl (C=O) groups is 1. The van der Waals surface area contributed by atoms with Gasteiger partial charge < -0.3 is 9.29 Å². The summed E-state index contributed by atoms with van der Waals surface area (Å²) in [6.07, 6.45) is -0.333. The van der Waals surface area contributed by atoms with Crippen LogP contribution in [0.1, 0.15) is 46.6 Å². The molecule has 0 fully saturated rings. The minimum absolute atomic E-state index is 0.118. The van der Waals surface area contributed by atoms with E-state index in [2.05, 4.69) is 4.72 Å². The van der Waals surface area contributed by atoms with Crippen molar-refractivity contribution in [1.29, 1.82) is 0 Å². The minimum Gasteiger partial charge on any atom is -0.598 e. The molecule has 1 aromatic carbocycles. The van der Waals surface area contributed by atoms with E-state index in [1.165, 1.54) is 6.92 Å². The average Bonchev–Trinajstić information content (AvgIpc) is 2.46. The number of nitrogens with one attached hydrogen (secondary N) is 1. The second-order valence-electron chi connectivity index (χ2n) is 6.72. The largest absolute Gasteiger partial charge is 0.598 e. The van der Waals surface area contributed by atoms with E-state index in [-0.39, 0.29) is 24.3 Å². The molecule has 0 spiro atoms. The molecule has 1 N–H and O–H groups in total. The lowest BCUT2D eigenvalue weighted by atomic mass is 9.89. The Hall–Kier alpha value is -1.71. The van der Waals surface area contributed by atoms with Crippen LogP contribution in [0, 0.1) is 15.9 Å². The Morgan fingerprint density at radius 3 is 2.44 bits per heavy atom. The highest BCUT2D eigenvalue weighted by atomic mass is 32.2. The first kappa shape index (κ1) is 21.3. The second-order valence-corrected chi connectivity index (χ2v) is 8.68. The average molecular weight is 374 g/mol. The summed E-state index contributed by atoms with van der Waals surface area (Å²) < 4.78 is 33.9. The normalized spacial score (nSPS) is 15.3. The highest BCUT2D eigenvalue weighted by Crippen LogP contribution is 2.33. The Morgan fingerprint density at radius 2 is 1.96 bits per heavy atom. The summed E-state index contributed by atoms with van der Waals surface area (Å²) in [7, 11) is 0. The molecule has 7 nitrogen and oxygen atoms in total. The van der Waals surface area contributed by atoms with Crippen LogP contribution in [0.2, 0.25) is 0 Å². The molecule has 1 rings (SSSR count). The monoisotopic (exact) mass is 374 g/mol. The van der Waals surface area contributed by atoms with Gasteiger partial charge in [-0.1, -0.05) is 0 Å². The van der Waals surface area contributed by atoms with Gasteiger partial charge in [-0.05, 0) is 40.7 Å². The van der Waals surface area contributed by atoms with Crippen molar-refractivity contribution in [2.24, 2.45) is 0 Å². The Kier molecular flexibility index (Phi) is 6.92. The van der Waals surface area contributed by atoms with Crippen molar-refractivity contribution in [2.45, 2.75) is 51.3 Å². The van der Waals surface area contributed by atoms with E-state index in [4.69, 9.17) is 4.74 Å². The van der Waals surface area contributed by atoms with Crippen molar-refractivity contribution >= 4 is 23.0 Å². The van der Waals surface area contributed by atoms with Crippen molar-refractivity contribution in [1.82, 2.24) is 4.72 Å². The van der Waals surface area contributed by atoms with E-state index in [0.717, 1.165) is 18.2 Å². The predicted molar refractivity (Wildman–Crippen MR) is 92.7 cm³/mol. The molecule has 0 aromatic heterocycles. The van der Waals surface area contributed by atoms with Gasteiger partial charge in [0.1, 0.15) is 10.6 Å². The van der Waals surface area contributed by atoms with Gasteiger partial charge in [0.2, 0.25) is 0 Å². The molecule has 0 radical (unpaired) electrons. The molecule has 0 aliphatic heterocycles. The molecule has 9 heteroatoms. The van der Waals surface area contributed by atoms with E-state index >= 15 is 0 Å². The first-order valence-electron chi connectivity index (χ1n) is 7.70. The number of halogens is 1. The molecule has 1 unspecified atom stereocenters. The van der Waals surface area contributed by atoms with E-state index < -0.39 is 38.4 Å². The first-order valence-corrected chi connectivity index (χ1v) is 8.85. The Bertz CT molecular complexity index is 650. The third kappa shape index (κ3) is 5.65. The number of hydrogen-bond donors (Lipinski definition) is 1. The van der Waals surface area contributed by atoms with E-state index in [0.29, 0.717) is 0 Å². The van der Waals surface area contributed by atoms with Crippen LogP contribution in [0.15, 0.2) is 18.2 Å². The number of nitro groups is 1. The third-order valence-electron chi connectivity index (χ3n) is 3.43. The summed E-state index contributed by atoms with van der Waals surface area (Å²) >= 11 is -1.65. The molecule has 0 aliphatic carbocycles. The maximum atomic E-state index is 14.4. The van der Waals surface area contributed by atoms with Crippen LogP contribution in [0.3, 0.4) is 0 Å². The van der Waals surface area contributed by atoms with Gasteiger partial charge in [0.05, 0.1) is 23.5 Å². The van der Waals surface area contributed by atoms with Gasteiger partial charge in [-0.2, -0.15) is 0 Å². The van der Waals surface area contributed by atoms with Crippen molar-refractivity contribution in [3.8, 4) is 0 Å². The standard InChI is InChI=1S/C16H23FN2O5S/c1-6-24-14(20)10-16(5,18-25(23)15(2,3)4)12-9-11(19(21)22)7-8-13(12)17/h7-9,18H,6,10H2,1-5H3/t16?,25-/m1/s1. The number of esters is 1. The number of hydrogen-bond acceptors (Lipinski definition) is 6. The number of benzene rings is 1. The molecule has 0 saturated carbocycles. The summed E-state index contributed by atoms with van der Waals surface area (Å²) in [6, 6.07) is 3.03. The van der Waals surface area contributed by atoms with Crippen LogP contribution < -0.4 is 4.72 Å². The Labute approximate surface area is 149 Å². The molecule has 0 aliphatic rings. The topological polar surface area (TPSA) is 105 Å². The predicted octanol–water partition coefficient (Wildman–Crippen LogP) is 2.95. The van der Waals surface area contributed by atoms with E-state index in [9.17, 15) is 23.9 Å². The van der Waals surface area contributed by atoms with Gasteiger partial charge in [-0.15, -0.1) is 4.72 Å². The SMILES string of the molecule is CCOC(=O)CC(C)(N[S@+]([O-])C(C)(C)C)c1cc([N+](=O)[O-])ccc1F. The molecule has 140 valence electrons. The van der Waals surface area contributed by atoms with Crippen LogP contribution in [0.4, 0.5) is 10.1 Å². The molecular formula is C16H23FN2O5S. The highest BCUT2D eigenvalue weighted by molar-refractivity contribution is 7.90. The van der Waals surface area contributed by atoms with Crippen LogP contribution >= 0.6 is 0 Å². The molecule has 0 bridgehead atoms. The molecular weight excluding hydrogens is 351 g/mol. The molecule has 2 atom stereocenters. The fraction of sp³-hybridized carbons (Fsp3) is 0.562. The van der Waals surface area contributed by atoms with Gasteiger partial charge in [0.25, 0.3) is 5.69 Å². The summed E-state index contributed by atoms with van der Waals surface area (Å²) in [6.45, 7) is 8.37. The number of non-ortho nitro benzene ring substituents is 1. The van der Waals surface area contributed by atoms with Gasteiger partial charge in [-0.25, -0.2) is 4.39 Å². The van der Waals surface area contributed by atoms with Crippen molar-refractivity contribution in [3.05, 3.63) is 39.7 Å². The Balaban J connectivity index is 3.37. The van der Waals surface area contributed by atoms with Crippen LogP contribution in [-0.4, -0.2) is 26.8 Å². The molecule has 0 saturated heterocycles. The van der Waals surface area contributed by atoms with Crippen LogP contribution in [-0.2, 0) is 26.4 Å². The quantitative estimate of drug-likeness (QED) is 0.340. The zero-order valence-electron chi connectivity index (χ0n) is 14.9. The number of nitro benzene ring substituents is 1. The number of ether oxygens (including phenoxy) is 1. The summed E-state index contributed by atoms with van der Waals surface area (Å²) in [5.74, 6) is -1.37. The van der Waals surface area contributed by atoms with E-state index in [1.54, 1.807) is 27.7 Å². The fourth-order valence-corrected chi connectivity index (χ4v) is 2.99. The lowest BCUT2D eigenvalue weighted by Crippen LogP contribution is -2.51. The van der Waals surface area contributed by atoms with Crippen LogP contribution in [0.5, 0.6) is 0 Å². The van der Waals surface area contributed by atoms with Crippen molar-refractivity contribution < 1.29 is 23.4 Å². The fourth-order valence-electron chi connectivity index (χ4n) is 2.09. The maximum Gasteiger partial charge on any atom is 0.308 e. The third-order valence-corrected chi connectivity index (χ3v) is 5.18. The number of carbonyl (C=O) groups excluding carboxylic acids is 1. The van der Waals surface area contributed by atoms with Gasteiger partial charge >= 0.3 is 5.97 Å². The smallest absolute Gasteiger partial charge is 0.308 e. The van der Waals surface area contributed by atoms with Gasteiger partial charge in [-0.3, -0.25) is 14.9 Å². The zero-order valence-corrected chi connectivity index (χ0v) is 15.7. The zero-order chi connectivity index (χ0) is 19.4. The maximum absolute atomic E-state index is 14.4. The summed E-state index contributed by atoms with van der Waals surface area (Å²) in [5, 5.41) is 11.0. The van der Waals surface area contributed by atoms with Crippen LogP contribution in [0.25, 0.3) is 0 Å². The van der Waals surface area contributed by atoms with Crippen molar-refractivity contribution in [3.63, 3.8) is 0 Å². The highest BCUT2D eigenvalue weighted by Gasteiger charge is 2.41. The summed E-state index contributed by atoms with van der Waals surface area (Å²) in [4.78, 5) is 22.3. The lowest BCUT2D eigenvalue weighted by Gasteiger charge is -2.34. The number of rotatable bonds is 7.